The Hall–Kier alpha value is -0.663. The van der Waals surface area contributed by atoms with E-state index in [1.54, 1.807) is 0 Å². The summed E-state index contributed by atoms with van der Waals surface area (Å²) in [5.41, 5.74) is 0. The minimum atomic E-state index is -5.85. The lowest BCUT2D eigenvalue weighted by Gasteiger charge is -2.34. The van der Waals surface area contributed by atoms with Crippen LogP contribution in [0.2, 0.25) is 18.1 Å². The number of amides is 1. The molecule has 0 radical (unpaired) electrons. The number of unbranched alkanes of at least 4 members (excludes halogenated alkanes) is 3. The monoisotopic (exact) mass is 361 g/mol. The fraction of sp³-hybridized carbons (Fsp3) is 0.933. The summed E-state index contributed by atoms with van der Waals surface area (Å²) in [5.74, 6) is -7.49. The van der Waals surface area contributed by atoms with E-state index in [0.29, 0.717) is 18.1 Å². The summed E-state index contributed by atoms with van der Waals surface area (Å²) in [6.07, 6.45) is -1.19. The fourth-order valence-electron chi connectivity index (χ4n) is 2.56. The number of carbonyl (C=O) groups is 1. The molecule has 0 aromatic heterocycles. The van der Waals surface area contributed by atoms with Crippen LogP contribution in [-0.2, 0) is 4.79 Å². The summed E-state index contributed by atoms with van der Waals surface area (Å²) in [7, 11) is -2.69. The van der Waals surface area contributed by atoms with E-state index < -0.39 is 26.2 Å². The normalized spacial score (nSPS) is 13.2. The molecule has 8 heteroatoms. The Bertz CT molecular complexity index is 338. The van der Waals surface area contributed by atoms with Crippen LogP contribution in [-0.4, -0.2) is 26.2 Å². The van der Waals surface area contributed by atoms with Crippen molar-refractivity contribution in [2.45, 2.75) is 89.5 Å². The van der Waals surface area contributed by atoms with Crippen molar-refractivity contribution in [2.75, 3.05) is 0 Å². The number of alkyl halides is 5. The zero-order chi connectivity index (χ0) is 18.1. The molecular weight excluding hydrogens is 333 g/mol. The molecule has 0 unspecified atom stereocenters. The number of rotatable bonds is 11. The van der Waals surface area contributed by atoms with Crippen LogP contribution in [0.5, 0.6) is 0 Å². The van der Waals surface area contributed by atoms with Gasteiger partial charge in [0.2, 0.25) is 0 Å². The molecule has 0 spiro atoms. The van der Waals surface area contributed by atoms with Crippen molar-refractivity contribution in [1.82, 2.24) is 4.98 Å². The molecule has 23 heavy (non-hydrogen) atoms. The summed E-state index contributed by atoms with van der Waals surface area (Å²) in [4.78, 5) is 13.9. The number of nitrogens with one attached hydrogen (secondary N) is 1. The first-order valence-corrected chi connectivity index (χ1v) is 11.0. The SMILES string of the molecule is CCCC[Si](CCCC)(CCCC)NC(=O)C(F)(F)C(F)(F)F. The van der Waals surface area contributed by atoms with Crippen LogP contribution in [0.15, 0.2) is 0 Å². The molecule has 0 aliphatic carbocycles. The summed E-state index contributed by atoms with van der Waals surface area (Å²) >= 11 is 0. The smallest absolute Gasteiger partial charge is 0.376 e. The van der Waals surface area contributed by atoms with Gasteiger partial charge in [-0.3, -0.25) is 4.79 Å². The molecule has 0 aromatic carbocycles. The Morgan fingerprint density at radius 2 is 1.17 bits per heavy atom. The highest BCUT2D eigenvalue weighted by atomic mass is 28.3. The van der Waals surface area contributed by atoms with Gasteiger partial charge in [0, 0.05) is 0 Å². The average Bonchev–Trinajstić information content (AvgIpc) is 2.47. The van der Waals surface area contributed by atoms with Crippen molar-refractivity contribution in [3.8, 4) is 0 Å². The first kappa shape index (κ1) is 22.3. The van der Waals surface area contributed by atoms with Crippen molar-refractivity contribution in [1.29, 1.82) is 0 Å². The van der Waals surface area contributed by atoms with E-state index in [4.69, 9.17) is 0 Å². The molecule has 0 saturated carbocycles. The van der Waals surface area contributed by atoms with Gasteiger partial charge in [0.25, 0.3) is 5.91 Å². The summed E-state index contributed by atoms with van der Waals surface area (Å²) in [6, 6.07) is 1.68. The standard InChI is InChI=1S/C15H28F5NOSi/c1-4-7-10-23(11-8-5-2,12-9-6-3)21-13(22)14(16,17)15(18,19)20/h4-12H2,1-3H3,(H,21,22). The minimum Gasteiger partial charge on any atom is -0.376 e. The third-order valence-electron chi connectivity index (χ3n) is 4.05. The lowest BCUT2D eigenvalue weighted by atomic mass is 10.3. The van der Waals surface area contributed by atoms with E-state index in [2.05, 4.69) is 4.98 Å². The average molecular weight is 361 g/mol. The maximum absolute atomic E-state index is 13.3. The third kappa shape index (κ3) is 6.77. The van der Waals surface area contributed by atoms with E-state index in [-0.39, 0.29) is 0 Å². The molecule has 0 aromatic rings. The first-order valence-electron chi connectivity index (χ1n) is 8.33. The van der Waals surface area contributed by atoms with Gasteiger partial charge in [-0.1, -0.05) is 59.3 Å². The molecule has 0 bridgehead atoms. The maximum Gasteiger partial charge on any atom is 0.463 e. The molecule has 1 amide bonds. The predicted octanol–water partition coefficient (Wildman–Crippen LogP) is 5.65. The number of hydrogen-bond donors (Lipinski definition) is 1. The highest BCUT2D eigenvalue weighted by Gasteiger charge is 2.64. The molecule has 0 aliphatic rings. The molecular formula is C15H28F5NOSi. The number of hydrogen-bond acceptors (Lipinski definition) is 1. The van der Waals surface area contributed by atoms with E-state index in [9.17, 15) is 26.7 Å². The summed E-state index contributed by atoms with van der Waals surface area (Å²) in [6.45, 7) is 5.81. The number of carbonyl (C=O) groups excluding carboxylic acids is 1. The minimum absolute atomic E-state index is 0.559. The van der Waals surface area contributed by atoms with Crippen LogP contribution in [0.25, 0.3) is 0 Å². The molecule has 0 fully saturated rings. The van der Waals surface area contributed by atoms with E-state index in [1.165, 1.54) is 0 Å². The zero-order valence-corrected chi connectivity index (χ0v) is 15.2. The molecule has 0 saturated heterocycles. The Morgan fingerprint density at radius 3 is 1.43 bits per heavy atom. The Kier molecular flexibility index (Phi) is 9.31. The van der Waals surface area contributed by atoms with Crippen LogP contribution >= 0.6 is 0 Å². The van der Waals surface area contributed by atoms with Crippen molar-refractivity contribution in [2.24, 2.45) is 0 Å². The second-order valence-electron chi connectivity index (χ2n) is 6.12. The Balaban J connectivity index is 5.33. The summed E-state index contributed by atoms with van der Waals surface area (Å²) in [5, 5.41) is 0. The lowest BCUT2D eigenvalue weighted by molar-refractivity contribution is -0.269. The molecule has 1 N–H and O–H groups in total. The molecule has 138 valence electrons. The van der Waals surface area contributed by atoms with Gasteiger partial charge in [0.05, 0.1) is 0 Å². The van der Waals surface area contributed by atoms with Crippen molar-refractivity contribution in [3.63, 3.8) is 0 Å². The maximum atomic E-state index is 13.3. The molecule has 2 nitrogen and oxygen atoms in total. The van der Waals surface area contributed by atoms with Crippen molar-refractivity contribution < 1.29 is 26.7 Å². The predicted molar refractivity (Wildman–Crippen MR) is 84.0 cm³/mol. The second-order valence-corrected chi connectivity index (χ2v) is 10.4. The van der Waals surface area contributed by atoms with Gasteiger partial charge in [-0.05, 0) is 18.1 Å². The van der Waals surface area contributed by atoms with Crippen molar-refractivity contribution in [3.05, 3.63) is 0 Å². The van der Waals surface area contributed by atoms with Gasteiger partial charge >= 0.3 is 12.1 Å². The van der Waals surface area contributed by atoms with Crippen LogP contribution in [0.1, 0.15) is 59.3 Å². The largest absolute Gasteiger partial charge is 0.463 e. The molecule has 0 rings (SSSR count). The second kappa shape index (κ2) is 9.59. The van der Waals surface area contributed by atoms with Crippen LogP contribution in [0.4, 0.5) is 22.0 Å². The van der Waals surface area contributed by atoms with E-state index >= 15 is 0 Å². The van der Waals surface area contributed by atoms with Gasteiger partial charge in [-0.2, -0.15) is 22.0 Å². The van der Waals surface area contributed by atoms with Gasteiger partial charge in [-0.25, -0.2) is 0 Å². The highest BCUT2D eigenvalue weighted by molar-refractivity contribution is 6.79. The quantitative estimate of drug-likeness (QED) is 0.374. The third-order valence-corrected chi connectivity index (χ3v) is 8.74. The Labute approximate surface area is 136 Å². The van der Waals surface area contributed by atoms with E-state index in [1.807, 2.05) is 20.8 Å². The van der Waals surface area contributed by atoms with Crippen LogP contribution in [0.3, 0.4) is 0 Å². The Morgan fingerprint density at radius 1 is 0.826 bits per heavy atom. The van der Waals surface area contributed by atoms with Gasteiger partial charge < -0.3 is 4.98 Å². The summed E-state index contributed by atoms with van der Waals surface area (Å²) < 4.78 is 63.9. The molecule has 0 aliphatic heterocycles. The van der Waals surface area contributed by atoms with Crippen LogP contribution < -0.4 is 4.98 Å². The van der Waals surface area contributed by atoms with Gasteiger partial charge in [0.15, 0.2) is 8.24 Å². The topological polar surface area (TPSA) is 29.1 Å². The lowest BCUT2D eigenvalue weighted by Crippen LogP contribution is -2.60. The number of halogens is 5. The molecule has 0 heterocycles. The van der Waals surface area contributed by atoms with E-state index in [0.717, 1.165) is 38.5 Å². The van der Waals surface area contributed by atoms with Gasteiger partial charge in [0.1, 0.15) is 0 Å². The van der Waals surface area contributed by atoms with Crippen molar-refractivity contribution >= 4 is 14.1 Å². The highest BCUT2D eigenvalue weighted by Crippen LogP contribution is 2.37. The first-order chi connectivity index (χ1) is 10.6. The van der Waals surface area contributed by atoms with Gasteiger partial charge in [-0.15, -0.1) is 0 Å². The molecule has 0 atom stereocenters. The van der Waals surface area contributed by atoms with Crippen LogP contribution in [0, 0.1) is 0 Å². The zero-order valence-electron chi connectivity index (χ0n) is 14.2. The fourth-order valence-corrected chi connectivity index (χ4v) is 7.41.